The first kappa shape index (κ1) is 8.59. The minimum absolute atomic E-state index is 0.375. The molecule has 54 valence electrons. The molecule has 0 aromatic rings. The summed E-state index contributed by atoms with van der Waals surface area (Å²) in [6, 6.07) is 0. The van der Waals surface area contributed by atoms with E-state index in [0.29, 0.717) is 12.7 Å². The smallest absolute Gasteiger partial charge is 0.148 e. The molecule has 9 heavy (non-hydrogen) atoms. The third-order valence-corrected chi connectivity index (χ3v) is 1.03. The van der Waals surface area contributed by atoms with E-state index in [1.54, 1.807) is 6.92 Å². The highest BCUT2D eigenvalue weighted by Crippen LogP contribution is 1.97. The van der Waals surface area contributed by atoms with Gasteiger partial charge in [-0.05, 0) is 6.92 Å². The quantitative estimate of drug-likeness (QED) is 0.546. The lowest BCUT2D eigenvalue weighted by molar-refractivity contribution is -0.117. The van der Waals surface area contributed by atoms with Crippen molar-refractivity contribution in [1.29, 1.82) is 0 Å². The van der Waals surface area contributed by atoms with E-state index in [1.807, 2.05) is 0 Å². The number of ether oxygens (including phenoxy) is 1. The molecule has 1 N–H and O–H groups in total. The lowest BCUT2D eigenvalue weighted by atomic mass is 10.2. The fourth-order valence-corrected chi connectivity index (χ4v) is 0.544. The molecule has 0 amide bonds. The Bertz CT molecular complexity index is 80.4. The Morgan fingerprint density at radius 2 is 2.33 bits per heavy atom. The van der Waals surface area contributed by atoms with Gasteiger partial charge >= 0.3 is 0 Å². The molecule has 0 bridgehead atoms. The molecule has 0 aliphatic rings. The topological polar surface area (TPSA) is 46.5 Å². The summed E-state index contributed by atoms with van der Waals surface area (Å²) < 4.78 is 4.68. The van der Waals surface area contributed by atoms with E-state index in [0.717, 1.165) is 0 Å². The zero-order chi connectivity index (χ0) is 7.28. The van der Waals surface area contributed by atoms with Crippen molar-refractivity contribution in [3.8, 4) is 0 Å². The Hall–Kier alpha value is -0.410. The van der Waals surface area contributed by atoms with Gasteiger partial charge in [0.1, 0.15) is 12.4 Å². The Morgan fingerprint density at radius 3 is 2.44 bits per heavy atom. The lowest BCUT2D eigenvalue weighted by Gasteiger charge is -2.08. The molecule has 0 saturated carbocycles. The van der Waals surface area contributed by atoms with Crippen LogP contribution in [0.2, 0.25) is 0 Å². The number of hydrogen-bond acceptors (Lipinski definition) is 3. The Morgan fingerprint density at radius 1 is 1.78 bits per heavy atom. The highest BCUT2D eigenvalue weighted by atomic mass is 16.5. The van der Waals surface area contributed by atoms with E-state index in [-0.39, 0.29) is 0 Å². The Balaban J connectivity index is 3.42. The minimum Gasteiger partial charge on any atom is -0.393 e. The molecule has 0 rings (SSSR count). The van der Waals surface area contributed by atoms with Gasteiger partial charge in [0.2, 0.25) is 0 Å². The molecule has 0 heterocycles. The molecular weight excluding hydrogens is 120 g/mol. The summed E-state index contributed by atoms with van der Waals surface area (Å²) in [5.41, 5.74) is 0. The van der Waals surface area contributed by atoms with Crippen LogP contribution in [-0.4, -0.2) is 30.7 Å². The van der Waals surface area contributed by atoms with Gasteiger partial charge in [-0.15, -0.1) is 0 Å². The number of carbonyl (C=O) groups is 1. The van der Waals surface area contributed by atoms with Crippen LogP contribution in [0.1, 0.15) is 13.3 Å². The summed E-state index contributed by atoms with van der Waals surface area (Å²) in [6.07, 6.45) is 0.136. The van der Waals surface area contributed by atoms with Crippen LogP contribution < -0.4 is 0 Å². The predicted octanol–water partition coefficient (Wildman–Crippen LogP) is -0.0288. The van der Waals surface area contributed by atoms with Crippen molar-refractivity contribution >= 4 is 6.29 Å². The predicted molar refractivity (Wildman–Crippen MR) is 33.2 cm³/mol. The van der Waals surface area contributed by atoms with Gasteiger partial charge in [-0.2, -0.15) is 0 Å². The largest absolute Gasteiger partial charge is 0.393 e. The van der Waals surface area contributed by atoms with E-state index < -0.39 is 12.2 Å². The van der Waals surface area contributed by atoms with Crippen LogP contribution in [0.3, 0.4) is 0 Å². The summed E-state index contributed by atoms with van der Waals surface area (Å²) >= 11 is 0. The minimum atomic E-state index is -0.472. The van der Waals surface area contributed by atoms with Gasteiger partial charge in [0.25, 0.3) is 0 Å². The second kappa shape index (κ2) is 4.47. The molecule has 0 spiro atoms. The second-order valence-electron chi connectivity index (χ2n) is 1.99. The van der Waals surface area contributed by atoms with E-state index in [2.05, 4.69) is 4.74 Å². The van der Waals surface area contributed by atoms with Crippen molar-refractivity contribution in [3.05, 3.63) is 0 Å². The van der Waals surface area contributed by atoms with Gasteiger partial charge in [-0.1, -0.05) is 0 Å². The first-order valence-corrected chi connectivity index (χ1v) is 2.87. The van der Waals surface area contributed by atoms with Crippen LogP contribution in [0, 0.1) is 0 Å². The second-order valence-corrected chi connectivity index (χ2v) is 1.99. The highest BCUT2D eigenvalue weighted by molar-refractivity contribution is 5.55. The van der Waals surface area contributed by atoms with E-state index in [1.165, 1.54) is 7.11 Å². The molecule has 0 fully saturated rings. The fraction of sp³-hybridized carbons (Fsp3) is 0.833. The Kier molecular flexibility index (Phi) is 4.26. The maximum absolute atomic E-state index is 10.0. The summed E-state index contributed by atoms with van der Waals surface area (Å²) in [5, 5.41) is 8.75. The first-order chi connectivity index (χ1) is 4.20. The first-order valence-electron chi connectivity index (χ1n) is 2.87. The summed E-state index contributed by atoms with van der Waals surface area (Å²) in [5.74, 6) is 0. The van der Waals surface area contributed by atoms with Crippen molar-refractivity contribution in [1.82, 2.24) is 0 Å². The molecule has 0 aliphatic heterocycles. The van der Waals surface area contributed by atoms with Gasteiger partial charge in [0.15, 0.2) is 0 Å². The van der Waals surface area contributed by atoms with E-state index in [4.69, 9.17) is 5.11 Å². The number of aliphatic hydroxyl groups is 1. The maximum Gasteiger partial charge on any atom is 0.148 e. The highest BCUT2D eigenvalue weighted by Gasteiger charge is 2.07. The van der Waals surface area contributed by atoms with Gasteiger partial charge in [-0.25, -0.2) is 0 Å². The van der Waals surface area contributed by atoms with E-state index in [9.17, 15) is 4.79 Å². The third kappa shape index (κ3) is 4.12. The van der Waals surface area contributed by atoms with Crippen LogP contribution in [0.4, 0.5) is 0 Å². The third-order valence-electron chi connectivity index (χ3n) is 1.03. The van der Waals surface area contributed by atoms with Crippen LogP contribution in [0.5, 0.6) is 0 Å². The van der Waals surface area contributed by atoms with Gasteiger partial charge in [0, 0.05) is 13.5 Å². The summed E-state index contributed by atoms with van der Waals surface area (Å²) in [7, 11) is 1.45. The molecule has 3 heteroatoms. The molecule has 0 aromatic heterocycles. The van der Waals surface area contributed by atoms with Crippen LogP contribution in [-0.2, 0) is 9.53 Å². The van der Waals surface area contributed by atoms with Gasteiger partial charge in [-0.3, -0.25) is 0 Å². The molecule has 0 aliphatic carbocycles. The number of hydrogen-bond donors (Lipinski definition) is 1. The normalized spacial score (nSPS) is 16.8. The standard InChI is InChI=1S/C6H12O3/c1-5(8)3-6(4-7)9-2/h4-6,8H,3H2,1-2H3. The molecule has 2 atom stereocenters. The van der Waals surface area contributed by atoms with Gasteiger partial charge in [0.05, 0.1) is 6.10 Å². The van der Waals surface area contributed by atoms with Gasteiger partial charge < -0.3 is 14.6 Å². The lowest BCUT2D eigenvalue weighted by Crippen LogP contribution is -2.18. The molecule has 3 nitrogen and oxygen atoms in total. The molecule has 0 radical (unpaired) electrons. The van der Waals surface area contributed by atoms with Crippen molar-refractivity contribution < 1.29 is 14.6 Å². The van der Waals surface area contributed by atoms with Crippen LogP contribution >= 0.6 is 0 Å². The number of aliphatic hydroxyl groups excluding tert-OH is 1. The van der Waals surface area contributed by atoms with Crippen molar-refractivity contribution in [3.63, 3.8) is 0 Å². The number of rotatable bonds is 4. The van der Waals surface area contributed by atoms with E-state index >= 15 is 0 Å². The molecule has 0 aromatic carbocycles. The van der Waals surface area contributed by atoms with Crippen LogP contribution in [0.15, 0.2) is 0 Å². The number of aldehydes is 1. The zero-order valence-electron chi connectivity index (χ0n) is 5.70. The monoisotopic (exact) mass is 132 g/mol. The van der Waals surface area contributed by atoms with Crippen molar-refractivity contribution in [2.24, 2.45) is 0 Å². The number of carbonyl (C=O) groups excluding carboxylic acids is 1. The molecule has 2 unspecified atom stereocenters. The zero-order valence-corrected chi connectivity index (χ0v) is 5.70. The SMILES string of the molecule is COC(C=O)CC(C)O. The van der Waals surface area contributed by atoms with Crippen LogP contribution in [0.25, 0.3) is 0 Å². The average Bonchev–Trinajstić information content (AvgIpc) is 1.82. The van der Waals surface area contributed by atoms with Crippen molar-refractivity contribution in [2.75, 3.05) is 7.11 Å². The maximum atomic E-state index is 10.0. The average molecular weight is 132 g/mol. The summed E-state index contributed by atoms with van der Waals surface area (Å²) in [4.78, 5) is 10.0. The summed E-state index contributed by atoms with van der Waals surface area (Å²) in [6.45, 7) is 1.62. The Labute approximate surface area is 54.6 Å². The fourth-order valence-electron chi connectivity index (χ4n) is 0.544. The molecule has 0 saturated heterocycles. The molecular formula is C6H12O3. The number of methoxy groups -OCH3 is 1. The van der Waals surface area contributed by atoms with Crippen molar-refractivity contribution in [2.45, 2.75) is 25.6 Å².